The van der Waals surface area contributed by atoms with Crippen molar-refractivity contribution in [3.63, 3.8) is 0 Å². The first-order valence-corrected chi connectivity index (χ1v) is 10.8. The molecule has 0 saturated carbocycles. The summed E-state index contributed by atoms with van der Waals surface area (Å²) < 4.78 is 27.3. The Bertz CT molecular complexity index is 757. The zero-order valence-corrected chi connectivity index (χ0v) is 16.3. The van der Waals surface area contributed by atoms with E-state index in [1.165, 1.54) is 10.9 Å². The van der Waals surface area contributed by atoms with Gasteiger partial charge in [0.15, 0.2) is 5.96 Å². The number of halogens is 1. The Morgan fingerprint density at radius 2 is 2.00 bits per heavy atom. The molecule has 0 fully saturated rings. The van der Waals surface area contributed by atoms with Gasteiger partial charge in [-0.1, -0.05) is 17.7 Å². The summed E-state index contributed by atoms with van der Waals surface area (Å²) in [7, 11) is -1.83. The average molecular weight is 407 g/mol. The van der Waals surface area contributed by atoms with Crippen LogP contribution in [0.25, 0.3) is 0 Å². The highest BCUT2D eigenvalue weighted by atomic mass is 35.5. The molecule has 0 amide bonds. The lowest BCUT2D eigenvalue weighted by atomic mass is 10.3. The predicted molar refractivity (Wildman–Crippen MR) is 102 cm³/mol. The molecule has 3 N–H and O–H groups in total. The van der Waals surface area contributed by atoms with Gasteiger partial charge >= 0.3 is 0 Å². The van der Waals surface area contributed by atoms with E-state index < -0.39 is 10.0 Å². The summed E-state index contributed by atoms with van der Waals surface area (Å²) in [6.45, 7) is 1.44. The number of nitrogens with one attached hydrogen (secondary N) is 3. The minimum Gasteiger partial charge on any atom is -0.356 e. The van der Waals surface area contributed by atoms with Gasteiger partial charge < -0.3 is 10.6 Å². The molecule has 0 aliphatic heterocycles. The Morgan fingerprint density at radius 1 is 1.21 bits per heavy atom. The number of hydrogen-bond donors (Lipinski definition) is 3. The van der Waals surface area contributed by atoms with E-state index in [4.69, 9.17) is 11.6 Å². The zero-order chi connectivity index (χ0) is 17.4. The second kappa shape index (κ2) is 9.38. The van der Waals surface area contributed by atoms with Crippen LogP contribution in [0.4, 0.5) is 0 Å². The van der Waals surface area contributed by atoms with Crippen LogP contribution < -0.4 is 15.4 Å². The summed E-state index contributed by atoms with van der Waals surface area (Å²) in [6, 6.07) is 7.18. The van der Waals surface area contributed by atoms with Crippen LogP contribution in [0.3, 0.4) is 0 Å². The van der Waals surface area contributed by atoms with Crippen molar-refractivity contribution in [3.8, 4) is 0 Å². The second-order valence-corrected chi connectivity index (χ2v) is 9.45. The van der Waals surface area contributed by atoms with Gasteiger partial charge in [0.25, 0.3) is 0 Å². The third-order valence-electron chi connectivity index (χ3n) is 2.99. The van der Waals surface area contributed by atoms with Crippen molar-refractivity contribution in [3.05, 3.63) is 38.9 Å². The van der Waals surface area contributed by atoms with E-state index in [1.807, 2.05) is 6.07 Å². The van der Waals surface area contributed by atoms with Crippen LogP contribution in [0, 0.1) is 0 Å². The van der Waals surface area contributed by atoms with Crippen LogP contribution in [0.2, 0.25) is 4.34 Å². The van der Waals surface area contributed by atoms with Crippen LogP contribution in [-0.4, -0.2) is 41.1 Å². The summed E-state index contributed by atoms with van der Waals surface area (Å²) in [6.07, 6.45) is 0.921. The molecule has 0 aliphatic rings. The van der Waals surface area contributed by atoms with Crippen LogP contribution in [0.1, 0.15) is 4.88 Å². The molecule has 0 bridgehead atoms. The Labute approximate surface area is 155 Å². The highest BCUT2D eigenvalue weighted by Gasteiger charge is 2.15. The van der Waals surface area contributed by atoms with Crippen LogP contribution in [0.15, 0.2) is 38.8 Å². The topological polar surface area (TPSA) is 82.6 Å². The molecule has 2 heterocycles. The van der Waals surface area contributed by atoms with Gasteiger partial charge in [-0.25, -0.2) is 13.1 Å². The molecule has 6 nitrogen and oxygen atoms in total. The standard InChI is InChI=1S/C14H19ClN4O2S3/c1-16-14(17-7-6-11-3-2-10-22-11)18-8-9-19-24(20,21)13-5-4-12(15)23-13/h2-5,10,19H,6-9H2,1H3,(H2,16,17,18). The second-order valence-electron chi connectivity index (χ2n) is 4.71. The van der Waals surface area contributed by atoms with Gasteiger partial charge in [0, 0.05) is 31.6 Å². The van der Waals surface area contributed by atoms with Crippen molar-refractivity contribution < 1.29 is 8.42 Å². The van der Waals surface area contributed by atoms with Gasteiger partial charge in [0.05, 0.1) is 4.34 Å². The summed E-state index contributed by atoms with van der Waals surface area (Å²) in [5.74, 6) is 0.643. The fraction of sp³-hybridized carbons (Fsp3) is 0.357. The molecule has 0 aromatic carbocycles. The lowest BCUT2D eigenvalue weighted by Gasteiger charge is -2.11. The fourth-order valence-electron chi connectivity index (χ4n) is 1.86. The van der Waals surface area contributed by atoms with E-state index in [9.17, 15) is 8.42 Å². The Hall–Kier alpha value is -1.13. The molecule has 132 valence electrons. The molecule has 2 rings (SSSR count). The van der Waals surface area contributed by atoms with E-state index in [1.54, 1.807) is 24.5 Å². The van der Waals surface area contributed by atoms with Gasteiger partial charge in [-0.15, -0.1) is 22.7 Å². The van der Waals surface area contributed by atoms with Gasteiger partial charge in [-0.05, 0) is 30.0 Å². The van der Waals surface area contributed by atoms with Crippen LogP contribution in [-0.2, 0) is 16.4 Å². The first kappa shape index (κ1) is 19.2. The van der Waals surface area contributed by atoms with Gasteiger partial charge in [0.2, 0.25) is 10.0 Å². The quantitative estimate of drug-likeness (QED) is 0.356. The maximum absolute atomic E-state index is 12.0. The summed E-state index contributed by atoms with van der Waals surface area (Å²) in [5.41, 5.74) is 0. The van der Waals surface area contributed by atoms with Crippen LogP contribution in [0.5, 0.6) is 0 Å². The average Bonchev–Trinajstić information content (AvgIpc) is 3.21. The molecule has 2 aromatic rings. The van der Waals surface area contributed by atoms with Gasteiger partial charge in [-0.3, -0.25) is 4.99 Å². The smallest absolute Gasteiger partial charge is 0.250 e. The van der Waals surface area contributed by atoms with Crippen molar-refractivity contribution in [2.75, 3.05) is 26.7 Å². The minimum absolute atomic E-state index is 0.214. The molecule has 2 aromatic heterocycles. The number of nitrogens with zero attached hydrogens (tertiary/aromatic N) is 1. The first-order valence-electron chi connectivity index (χ1n) is 7.23. The normalized spacial score (nSPS) is 12.3. The lowest BCUT2D eigenvalue weighted by molar-refractivity contribution is 0.582. The van der Waals surface area contributed by atoms with Crippen LogP contribution >= 0.6 is 34.3 Å². The number of guanidine groups is 1. The molecular formula is C14H19ClN4O2S3. The first-order chi connectivity index (χ1) is 11.5. The highest BCUT2D eigenvalue weighted by Crippen LogP contribution is 2.25. The van der Waals surface area contributed by atoms with Gasteiger partial charge in [0.1, 0.15) is 4.21 Å². The SMILES string of the molecule is CN=C(NCCNS(=O)(=O)c1ccc(Cl)s1)NCCc1cccs1. The van der Waals surface area contributed by atoms with E-state index in [-0.39, 0.29) is 10.8 Å². The molecule has 24 heavy (non-hydrogen) atoms. The lowest BCUT2D eigenvalue weighted by Crippen LogP contribution is -2.42. The largest absolute Gasteiger partial charge is 0.356 e. The van der Waals surface area contributed by atoms with Crippen molar-refractivity contribution >= 4 is 50.3 Å². The molecule has 0 unspecified atom stereocenters. The summed E-state index contributed by atoms with van der Waals surface area (Å²) in [4.78, 5) is 5.41. The molecule has 10 heteroatoms. The number of thiophene rings is 2. The number of sulfonamides is 1. The molecule has 0 spiro atoms. The number of aliphatic imine (C=N–C) groups is 1. The fourth-order valence-corrected chi connectivity index (χ4v) is 5.13. The Kier molecular flexibility index (Phi) is 7.50. The maximum Gasteiger partial charge on any atom is 0.250 e. The summed E-state index contributed by atoms with van der Waals surface area (Å²) in [5, 5.41) is 8.32. The Morgan fingerprint density at radius 3 is 2.62 bits per heavy atom. The van der Waals surface area contributed by atoms with E-state index in [2.05, 4.69) is 31.8 Å². The van der Waals surface area contributed by atoms with E-state index in [0.717, 1.165) is 24.3 Å². The maximum atomic E-state index is 12.0. The third-order valence-corrected chi connectivity index (χ3v) is 7.11. The minimum atomic E-state index is -3.51. The third kappa shape index (κ3) is 6.06. The number of hydrogen-bond acceptors (Lipinski definition) is 5. The molecule has 0 aliphatic carbocycles. The summed E-state index contributed by atoms with van der Waals surface area (Å²) >= 11 is 8.52. The zero-order valence-electron chi connectivity index (χ0n) is 13.1. The Balaban J connectivity index is 1.68. The van der Waals surface area contributed by atoms with Gasteiger partial charge in [-0.2, -0.15) is 0 Å². The van der Waals surface area contributed by atoms with Crippen molar-refractivity contribution in [1.29, 1.82) is 0 Å². The van der Waals surface area contributed by atoms with Crippen molar-refractivity contribution in [2.24, 2.45) is 4.99 Å². The van der Waals surface area contributed by atoms with Crippen molar-refractivity contribution in [1.82, 2.24) is 15.4 Å². The number of rotatable bonds is 8. The van der Waals surface area contributed by atoms with E-state index >= 15 is 0 Å². The predicted octanol–water partition coefficient (Wildman–Crippen LogP) is 2.15. The molecule has 0 atom stereocenters. The molecular weight excluding hydrogens is 388 g/mol. The van der Waals surface area contributed by atoms with E-state index in [0.29, 0.717) is 16.8 Å². The molecule has 0 radical (unpaired) electrons. The molecule has 0 saturated heterocycles. The monoisotopic (exact) mass is 406 g/mol. The van der Waals surface area contributed by atoms with Crippen molar-refractivity contribution in [2.45, 2.75) is 10.6 Å². The highest BCUT2D eigenvalue weighted by molar-refractivity contribution is 7.91.